The number of nitrogens with one attached hydrogen (secondary N) is 1. The van der Waals surface area contributed by atoms with Crippen LogP contribution in [0.25, 0.3) is 27.7 Å². The summed E-state index contributed by atoms with van der Waals surface area (Å²) in [5.41, 5.74) is 8.58. The molecule has 2 aromatic heterocycles. The minimum absolute atomic E-state index is 0.0847. The number of nitrogens with two attached hydrogens (primary N) is 1. The first-order valence-corrected chi connectivity index (χ1v) is 11.6. The van der Waals surface area contributed by atoms with Crippen molar-refractivity contribution < 1.29 is 13.5 Å². The summed E-state index contributed by atoms with van der Waals surface area (Å²) >= 11 is 0.769. The summed E-state index contributed by atoms with van der Waals surface area (Å²) in [7, 11) is 1.44. The number of hydrogen-bond donors (Lipinski definition) is 2. The number of anilines is 2. The first-order chi connectivity index (χ1) is 17.5. The molecule has 0 spiro atoms. The Labute approximate surface area is 208 Å². The molecule has 10 heteroatoms. The normalized spacial score (nSPS) is 11.0. The van der Waals surface area contributed by atoms with Crippen LogP contribution in [0.2, 0.25) is 0 Å². The molecule has 0 amide bonds. The Morgan fingerprint density at radius 3 is 2.44 bits per heavy atom. The van der Waals surface area contributed by atoms with Crippen LogP contribution in [0.5, 0.6) is 5.88 Å². The summed E-state index contributed by atoms with van der Waals surface area (Å²) in [4.78, 5) is 21.9. The highest BCUT2D eigenvalue weighted by Gasteiger charge is 2.15. The number of methoxy groups -OCH3 is 1. The molecule has 180 valence electrons. The summed E-state index contributed by atoms with van der Waals surface area (Å²) in [6.07, 6.45) is 1.58. The predicted molar refractivity (Wildman–Crippen MR) is 137 cm³/mol. The van der Waals surface area contributed by atoms with Crippen molar-refractivity contribution >= 4 is 34.5 Å². The van der Waals surface area contributed by atoms with E-state index in [1.54, 1.807) is 42.6 Å². The van der Waals surface area contributed by atoms with Gasteiger partial charge in [-0.3, -0.25) is 4.79 Å². The molecule has 0 radical (unpaired) electrons. The summed E-state index contributed by atoms with van der Waals surface area (Å²) in [5.74, 6) is -1.05. The van der Waals surface area contributed by atoms with Gasteiger partial charge in [0, 0.05) is 11.8 Å². The minimum atomic E-state index is -0.688. The van der Waals surface area contributed by atoms with Gasteiger partial charge in [0.15, 0.2) is 0 Å². The number of nitrogens with zero attached hydrogens (tertiary/aromatic N) is 3. The largest absolute Gasteiger partial charge is 0.480 e. The van der Waals surface area contributed by atoms with Crippen LogP contribution in [0.3, 0.4) is 0 Å². The minimum Gasteiger partial charge on any atom is -0.480 e. The second-order valence-corrected chi connectivity index (χ2v) is 8.53. The Balaban J connectivity index is 1.55. The third kappa shape index (κ3) is 4.34. The molecule has 0 aliphatic rings. The number of fused-ring (bicyclic) bond motifs is 1. The van der Waals surface area contributed by atoms with E-state index in [-0.39, 0.29) is 22.3 Å². The number of benzene rings is 3. The predicted octanol–water partition coefficient (Wildman–Crippen LogP) is 5.44. The standard InChI is InChI=1S/C26H19F2N5O2S/c1-35-24-22(32-36-23-19(27)8-5-9-20(23)28)13-16(14-30-24)15-10-11-21-18(12-15)25(34)33(26(29)31-21)17-6-3-2-4-7-17/h2-14,32H,1H3,(H2,29,31). The van der Waals surface area contributed by atoms with Crippen molar-refractivity contribution in [3.63, 3.8) is 0 Å². The van der Waals surface area contributed by atoms with Crippen LogP contribution in [0.4, 0.5) is 20.4 Å². The Kier molecular flexibility index (Phi) is 6.26. The molecule has 3 N–H and O–H groups in total. The zero-order valence-electron chi connectivity index (χ0n) is 18.9. The van der Waals surface area contributed by atoms with Gasteiger partial charge in [-0.1, -0.05) is 30.3 Å². The number of para-hydroxylation sites is 1. The van der Waals surface area contributed by atoms with Gasteiger partial charge in [-0.15, -0.1) is 0 Å². The maximum Gasteiger partial charge on any atom is 0.267 e. The average molecular weight is 504 g/mol. The molecule has 5 aromatic rings. The third-order valence-corrected chi connectivity index (χ3v) is 6.38. The van der Waals surface area contributed by atoms with E-state index in [4.69, 9.17) is 10.5 Å². The van der Waals surface area contributed by atoms with Crippen molar-refractivity contribution in [1.29, 1.82) is 0 Å². The lowest BCUT2D eigenvalue weighted by atomic mass is 10.0. The van der Waals surface area contributed by atoms with Crippen LogP contribution in [0.1, 0.15) is 0 Å². The maximum absolute atomic E-state index is 14.1. The number of hydrogen-bond acceptors (Lipinski definition) is 7. The average Bonchev–Trinajstić information content (AvgIpc) is 2.89. The van der Waals surface area contributed by atoms with Crippen molar-refractivity contribution in [2.24, 2.45) is 0 Å². The highest BCUT2D eigenvalue weighted by molar-refractivity contribution is 8.00. The summed E-state index contributed by atoms with van der Waals surface area (Å²) in [6, 6.07) is 19.6. The topological polar surface area (TPSA) is 95.1 Å². The molecule has 5 rings (SSSR count). The van der Waals surface area contributed by atoms with Gasteiger partial charge in [-0.2, -0.15) is 0 Å². The molecule has 0 saturated heterocycles. The lowest BCUT2D eigenvalue weighted by Gasteiger charge is -2.13. The number of pyridine rings is 1. The van der Waals surface area contributed by atoms with Gasteiger partial charge in [0.05, 0.1) is 28.6 Å². The first kappa shape index (κ1) is 23.3. The lowest BCUT2D eigenvalue weighted by Crippen LogP contribution is -2.23. The third-order valence-electron chi connectivity index (χ3n) is 5.47. The summed E-state index contributed by atoms with van der Waals surface area (Å²) in [5, 5.41) is 0.374. The monoisotopic (exact) mass is 503 g/mol. The van der Waals surface area contributed by atoms with Crippen molar-refractivity contribution in [2.75, 3.05) is 17.6 Å². The highest BCUT2D eigenvalue weighted by atomic mass is 32.2. The van der Waals surface area contributed by atoms with Crippen molar-refractivity contribution in [1.82, 2.24) is 14.5 Å². The highest BCUT2D eigenvalue weighted by Crippen LogP contribution is 2.34. The van der Waals surface area contributed by atoms with Gasteiger partial charge >= 0.3 is 0 Å². The van der Waals surface area contributed by atoms with Crippen LogP contribution in [0, 0.1) is 11.6 Å². The molecule has 0 atom stereocenters. The molecule has 0 aliphatic heterocycles. The molecule has 2 heterocycles. The quantitative estimate of drug-likeness (QED) is 0.298. The molecule has 0 fully saturated rings. The molecule has 7 nitrogen and oxygen atoms in total. The van der Waals surface area contributed by atoms with Gasteiger partial charge in [-0.25, -0.2) is 23.3 Å². The maximum atomic E-state index is 14.1. The van der Waals surface area contributed by atoms with E-state index in [1.165, 1.54) is 29.9 Å². The number of ether oxygens (including phenoxy) is 1. The van der Waals surface area contributed by atoms with E-state index in [2.05, 4.69) is 14.7 Å². The molecule has 0 bridgehead atoms. The number of aromatic nitrogens is 3. The van der Waals surface area contributed by atoms with Gasteiger partial charge in [0.1, 0.15) is 17.3 Å². The van der Waals surface area contributed by atoms with E-state index in [1.807, 2.05) is 18.2 Å². The van der Waals surface area contributed by atoms with Crippen LogP contribution in [-0.2, 0) is 0 Å². The Morgan fingerprint density at radius 2 is 1.72 bits per heavy atom. The van der Waals surface area contributed by atoms with Crippen molar-refractivity contribution in [3.05, 3.63) is 101 Å². The van der Waals surface area contributed by atoms with Gasteiger partial charge in [0.2, 0.25) is 11.8 Å². The fourth-order valence-electron chi connectivity index (χ4n) is 3.74. The van der Waals surface area contributed by atoms with E-state index in [9.17, 15) is 13.6 Å². The van der Waals surface area contributed by atoms with E-state index < -0.39 is 11.6 Å². The molecule has 0 saturated carbocycles. The Hall–Kier alpha value is -4.44. The molecule has 0 aliphatic carbocycles. The molecular weight excluding hydrogens is 484 g/mol. The Morgan fingerprint density at radius 1 is 0.972 bits per heavy atom. The number of halogens is 2. The smallest absolute Gasteiger partial charge is 0.267 e. The van der Waals surface area contributed by atoms with Gasteiger partial charge < -0.3 is 15.2 Å². The zero-order valence-corrected chi connectivity index (χ0v) is 19.7. The number of nitrogen functional groups attached to an aromatic ring is 1. The number of rotatable bonds is 6. The fourth-order valence-corrected chi connectivity index (χ4v) is 4.43. The second kappa shape index (κ2) is 9.67. The molecular formula is C26H19F2N5O2S. The van der Waals surface area contributed by atoms with E-state index in [0.717, 1.165) is 11.9 Å². The SMILES string of the molecule is COc1ncc(-c2ccc3nc(N)n(-c4ccccc4)c(=O)c3c2)cc1NSc1c(F)cccc1F. The second-order valence-electron chi connectivity index (χ2n) is 7.71. The Bertz CT molecular complexity index is 1620. The van der Waals surface area contributed by atoms with Gasteiger partial charge in [0.25, 0.3) is 5.56 Å². The lowest BCUT2D eigenvalue weighted by molar-refractivity contribution is 0.400. The van der Waals surface area contributed by atoms with Crippen molar-refractivity contribution in [2.45, 2.75) is 4.90 Å². The molecule has 0 unspecified atom stereocenters. The molecule has 36 heavy (non-hydrogen) atoms. The molecule has 3 aromatic carbocycles. The summed E-state index contributed by atoms with van der Waals surface area (Å²) in [6.45, 7) is 0. The van der Waals surface area contributed by atoms with Crippen LogP contribution >= 0.6 is 11.9 Å². The van der Waals surface area contributed by atoms with E-state index >= 15 is 0 Å². The fraction of sp³-hybridized carbons (Fsp3) is 0.0385. The van der Waals surface area contributed by atoms with Gasteiger partial charge in [-0.05, 0) is 60.0 Å². The van der Waals surface area contributed by atoms with Crippen LogP contribution in [-0.4, -0.2) is 21.6 Å². The van der Waals surface area contributed by atoms with Crippen LogP contribution in [0.15, 0.2) is 88.7 Å². The van der Waals surface area contributed by atoms with Crippen LogP contribution < -0.4 is 20.8 Å². The summed E-state index contributed by atoms with van der Waals surface area (Å²) < 4.78 is 37.7. The van der Waals surface area contributed by atoms with Crippen molar-refractivity contribution in [3.8, 4) is 22.7 Å². The zero-order chi connectivity index (χ0) is 25.2. The van der Waals surface area contributed by atoms with E-state index in [0.29, 0.717) is 33.4 Å². The first-order valence-electron chi connectivity index (χ1n) is 10.7.